The molecule has 2 aromatic heterocycles. The monoisotopic (exact) mass is 566 g/mol. The quantitative estimate of drug-likeness (QED) is 0.211. The third-order valence-electron chi connectivity index (χ3n) is 6.95. The fraction of sp³-hybridized carbons (Fsp3) is 0.519. The van der Waals surface area contributed by atoms with Gasteiger partial charge < -0.3 is 8.97 Å². The van der Waals surface area contributed by atoms with Gasteiger partial charge >= 0.3 is 6.09 Å². The number of nitrogens with zero attached hydrogens (tertiary/aromatic N) is 4. The number of anilines is 1. The average molecular weight is 568 g/mol. The lowest BCUT2D eigenvalue weighted by atomic mass is 10.1. The van der Waals surface area contributed by atoms with E-state index in [1.807, 2.05) is 6.20 Å². The van der Waals surface area contributed by atoms with E-state index in [1.165, 1.54) is 17.3 Å². The van der Waals surface area contributed by atoms with Gasteiger partial charge in [0.25, 0.3) is 0 Å². The maximum absolute atomic E-state index is 15.8. The van der Waals surface area contributed by atoms with Crippen molar-refractivity contribution in [3.05, 3.63) is 52.3 Å². The van der Waals surface area contributed by atoms with Crippen LogP contribution in [-0.2, 0) is 11.3 Å². The van der Waals surface area contributed by atoms with Crippen LogP contribution in [0.2, 0.25) is 26.8 Å². The van der Waals surface area contributed by atoms with Crippen molar-refractivity contribution in [1.82, 2.24) is 14.2 Å². The number of amides is 1. The molecular formula is C27H37Cl2FN4O2Si. The van der Waals surface area contributed by atoms with Gasteiger partial charge in [-0.05, 0) is 49.5 Å². The van der Waals surface area contributed by atoms with Crippen LogP contribution in [0.15, 0.2) is 30.7 Å². The summed E-state index contributed by atoms with van der Waals surface area (Å²) in [6.45, 7) is 18.7. The second kappa shape index (κ2) is 10.9. The van der Waals surface area contributed by atoms with Crippen molar-refractivity contribution >= 4 is 54.3 Å². The molecule has 0 N–H and O–H groups in total. The van der Waals surface area contributed by atoms with Crippen molar-refractivity contribution in [3.63, 3.8) is 0 Å². The second-order valence-corrected chi connectivity index (χ2v) is 17.9. The number of benzene rings is 1. The minimum absolute atomic E-state index is 0.118. The molecule has 1 amide bonds. The van der Waals surface area contributed by atoms with Crippen molar-refractivity contribution in [3.8, 4) is 0 Å². The van der Waals surface area contributed by atoms with E-state index in [9.17, 15) is 4.79 Å². The molecule has 3 aromatic rings. The lowest BCUT2D eigenvalue weighted by Gasteiger charge is -2.44. The summed E-state index contributed by atoms with van der Waals surface area (Å²) in [7, 11) is -2.17. The molecule has 0 saturated carbocycles. The number of ether oxygens (including phenoxy) is 1. The van der Waals surface area contributed by atoms with Crippen molar-refractivity contribution < 1.29 is 13.9 Å². The number of hydrogen-bond donors (Lipinski definition) is 0. The first-order chi connectivity index (χ1) is 17.1. The Hall–Kier alpha value is -2.16. The lowest BCUT2D eigenvalue weighted by molar-refractivity contribution is 0.0576. The highest BCUT2D eigenvalue weighted by Crippen LogP contribution is 2.45. The van der Waals surface area contributed by atoms with Gasteiger partial charge in [0.1, 0.15) is 28.7 Å². The van der Waals surface area contributed by atoms with Gasteiger partial charge in [0.2, 0.25) is 0 Å². The molecule has 0 atom stereocenters. The molecule has 0 spiro atoms. The molecule has 0 saturated heterocycles. The van der Waals surface area contributed by atoms with E-state index < -0.39 is 25.7 Å². The summed E-state index contributed by atoms with van der Waals surface area (Å²) >= 11 is 12.8. The number of carbonyl (C=O) groups excluding carboxylic acids is 1. The third-order valence-corrected chi connectivity index (χ3v) is 14.2. The topological polar surface area (TPSA) is 60.2 Å². The second-order valence-electron chi connectivity index (χ2n) is 11.4. The Morgan fingerprint density at radius 2 is 1.65 bits per heavy atom. The fourth-order valence-corrected chi connectivity index (χ4v) is 12.8. The maximum Gasteiger partial charge on any atom is 0.416 e. The van der Waals surface area contributed by atoms with Gasteiger partial charge in [0, 0.05) is 28.7 Å². The van der Waals surface area contributed by atoms with E-state index in [1.54, 1.807) is 32.9 Å². The minimum atomic E-state index is -2.17. The molecule has 0 fully saturated rings. The number of aromatic nitrogens is 3. The van der Waals surface area contributed by atoms with E-state index in [0.29, 0.717) is 27.2 Å². The fourth-order valence-electron chi connectivity index (χ4n) is 5.73. The minimum Gasteiger partial charge on any atom is -0.443 e. The molecule has 0 aliphatic heterocycles. The van der Waals surface area contributed by atoms with Gasteiger partial charge in [-0.15, -0.1) is 0 Å². The summed E-state index contributed by atoms with van der Waals surface area (Å²) in [6, 6.07) is 4.72. The molecule has 2 heterocycles. The smallest absolute Gasteiger partial charge is 0.416 e. The molecule has 1 aromatic carbocycles. The van der Waals surface area contributed by atoms with Gasteiger partial charge in [0.05, 0.1) is 11.6 Å². The van der Waals surface area contributed by atoms with E-state index in [0.717, 1.165) is 10.9 Å². The van der Waals surface area contributed by atoms with Gasteiger partial charge in [-0.25, -0.2) is 19.2 Å². The molecule has 6 nitrogen and oxygen atoms in total. The SMILES string of the molecule is CC(C)[Si](C(C)C)(C(C)C)n1cc(Cl)c2cc(CN(C(=O)OC(C)(C)C)c3cc(Cl)ncn3)c(F)cc21. The molecule has 0 radical (unpaired) electrons. The van der Waals surface area contributed by atoms with E-state index >= 15 is 4.39 Å². The molecule has 37 heavy (non-hydrogen) atoms. The van der Waals surface area contributed by atoms with Gasteiger partial charge in [-0.2, -0.15) is 0 Å². The van der Waals surface area contributed by atoms with Crippen LogP contribution in [0.3, 0.4) is 0 Å². The summed E-state index contributed by atoms with van der Waals surface area (Å²) in [6.07, 6.45) is 2.55. The molecule has 3 rings (SSSR count). The predicted octanol–water partition coefficient (Wildman–Crippen LogP) is 8.84. The van der Waals surface area contributed by atoms with Gasteiger partial charge in [-0.3, -0.25) is 4.90 Å². The van der Waals surface area contributed by atoms with Crippen LogP contribution in [0.4, 0.5) is 15.0 Å². The average Bonchev–Trinajstić information content (AvgIpc) is 3.05. The zero-order chi connectivity index (χ0) is 27.9. The Bertz CT molecular complexity index is 1270. The Balaban J connectivity index is 2.16. The molecule has 0 aliphatic carbocycles. The predicted molar refractivity (Wildman–Crippen MR) is 153 cm³/mol. The zero-order valence-electron chi connectivity index (χ0n) is 23.1. The Morgan fingerprint density at radius 3 is 2.16 bits per heavy atom. The summed E-state index contributed by atoms with van der Waals surface area (Å²) in [4.78, 5) is 22.4. The Labute approximate surface area is 230 Å². The molecule has 10 heteroatoms. The van der Waals surface area contributed by atoms with Crippen LogP contribution >= 0.6 is 23.2 Å². The first kappa shape index (κ1) is 29.4. The van der Waals surface area contributed by atoms with Crippen molar-refractivity contribution in [2.75, 3.05) is 4.90 Å². The largest absolute Gasteiger partial charge is 0.443 e. The van der Waals surface area contributed by atoms with Gasteiger partial charge in [0.15, 0.2) is 8.24 Å². The first-order valence-corrected chi connectivity index (χ1v) is 15.5. The first-order valence-electron chi connectivity index (χ1n) is 12.6. The molecule has 0 unspecified atom stereocenters. The maximum atomic E-state index is 15.8. The summed E-state index contributed by atoms with van der Waals surface area (Å²) in [5.74, 6) is -0.223. The molecule has 202 valence electrons. The summed E-state index contributed by atoms with van der Waals surface area (Å²) in [5.41, 5.74) is 1.54. The van der Waals surface area contributed by atoms with Crippen LogP contribution in [0, 0.1) is 5.82 Å². The number of rotatable bonds is 7. The van der Waals surface area contributed by atoms with E-state index in [-0.39, 0.29) is 17.5 Å². The molecular weight excluding hydrogens is 530 g/mol. The zero-order valence-corrected chi connectivity index (χ0v) is 25.6. The van der Waals surface area contributed by atoms with Crippen LogP contribution in [-0.4, -0.2) is 34.1 Å². The van der Waals surface area contributed by atoms with Crippen LogP contribution in [0.1, 0.15) is 67.9 Å². The van der Waals surface area contributed by atoms with Crippen LogP contribution < -0.4 is 4.90 Å². The van der Waals surface area contributed by atoms with Crippen LogP contribution in [0.5, 0.6) is 0 Å². The number of fused-ring (bicyclic) bond motifs is 1. The number of hydrogen-bond acceptors (Lipinski definition) is 4. The van der Waals surface area contributed by atoms with E-state index in [2.05, 4.69) is 55.7 Å². The highest BCUT2D eigenvalue weighted by atomic mass is 35.5. The highest BCUT2D eigenvalue weighted by molar-refractivity contribution is 6.82. The van der Waals surface area contributed by atoms with Crippen molar-refractivity contribution in [2.24, 2.45) is 0 Å². The van der Waals surface area contributed by atoms with Crippen molar-refractivity contribution in [1.29, 1.82) is 0 Å². The van der Waals surface area contributed by atoms with Crippen molar-refractivity contribution in [2.45, 2.75) is 91.1 Å². The summed E-state index contributed by atoms with van der Waals surface area (Å²) < 4.78 is 23.6. The normalized spacial score (nSPS) is 12.7. The summed E-state index contributed by atoms with van der Waals surface area (Å²) in [5, 5.41) is 1.47. The highest BCUT2D eigenvalue weighted by Gasteiger charge is 2.46. The Kier molecular flexibility index (Phi) is 8.66. The van der Waals surface area contributed by atoms with Crippen LogP contribution in [0.25, 0.3) is 10.9 Å². The number of halogens is 3. The number of carbonyl (C=O) groups is 1. The van der Waals surface area contributed by atoms with Gasteiger partial charge in [-0.1, -0.05) is 64.7 Å². The Morgan fingerprint density at radius 1 is 1.05 bits per heavy atom. The van der Waals surface area contributed by atoms with E-state index in [4.69, 9.17) is 27.9 Å². The third kappa shape index (κ3) is 5.81. The lowest BCUT2D eigenvalue weighted by Crippen LogP contribution is -2.51. The molecule has 0 aliphatic rings. The standard InChI is InChI=1S/C27H37Cl2FN4O2Si/c1-16(2)37(17(3)4,18(5)6)34-14-21(28)20-10-19(22(30)11-23(20)34)13-33(26(35)36-27(7,8)9)25-12-24(29)31-15-32-25/h10-12,14-18H,13H2,1-9H3. The molecule has 0 bridgehead atoms.